The number of hydrogen-bond acceptors (Lipinski definition) is 4. The summed E-state index contributed by atoms with van der Waals surface area (Å²) in [6, 6.07) is 47.8. The molecule has 4 nitrogen and oxygen atoms in total. The molecule has 0 aromatic heterocycles. The van der Waals surface area contributed by atoms with E-state index >= 15 is 0 Å². The highest BCUT2D eigenvalue weighted by atomic mass is 16.5. The Balaban J connectivity index is 1.27. The van der Waals surface area contributed by atoms with Gasteiger partial charge in [0.05, 0.1) is 5.41 Å². The maximum Gasteiger partial charge on any atom is 0.130 e. The van der Waals surface area contributed by atoms with Crippen molar-refractivity contribution in [1.29, 1.82) is 0 Å². The molecular formula is C49H48N2O2. The lowest BCUT2D eigenvalue weighted by Crippen LogP contribution is -2.29. The van der Waals surface area contributed by atoms with Crippen molar-refractivity contribution in [3.8, 4) is 34.1 Å². The van der Waals surface area contributed by atoms with Gasteiger partial charge in [0.25, 0.3) is 0 Å². The second-order valence-electron chi connectivity index (χ2n) is 15.4. The highest BCUT2D eigenvalue weighted by Crippen LogP contribution is 2.58. The molecule has 4 N–H and O–H groups in total. The predicted molar refractivity (Wildman–Crippen MR) is 217 cm³/mol. The normalized spacial score (nSPS) is 16.8. The molecule has 6 aromatic rings. The second-order valence-corrected chi connectivity index (χ2v) is 15.4. The van der Waals surface area contributed by atoms with E-state index in [0.717, 1.165) is 34.4 Å². The average Bonchev–Trinajstić information content (AvgIpc) is 3.52. The van der Waals surface area contributed by atoms with E-state index in [2.05, 4.69) is 84.9 Å². The van der Waals surface area contributed by atoms with Crippen molar-refractivity contribution in [2.24, 2.45) is 0 Å². The van der Waals surface area contributed by atoms with Gasteiger partial charge in [0.1, 0.15) is 23.0 Å². The fraction of sp³-hybridized carbons (Fsp3) is 0.265. The number of benzene rings is 6. The van der Waals surface area contributed by atoms with Crippen molar-refractivity contribution in [3.05, 3.63) is 167 Å². The minimum atomic E-state index is -0.528. The highest BCUT2D eigenvalue weighted by Gasteiger charge is 2.47. The first-order valence-corrected chi connectivity index (χ1v) is 19.6. The molecule has 4 heteroatoms. The molecule has 2 saturated carbocycles. The summed E-state index contributed by atoms with van der Waals surface area (Å²) in [5.74, 6) is 4.37. The molecular weight excluding hydrogens is 649 g/mol. The summed E-state index contributed by atoms with van der Waals surface area (Å²) < 4.78 is 13.4. The number of hydrogen-bond donors (Lipinski definition) is 2. The molecule has 0 atom stereocenters. The summed E-state index contributed by atoms with van der Waals surface area (Å²) in [5, 5.41) is 0. The van der Waals surface area contributed by atoms with Gasteiger partial charge in [-0.05, 0) is 143 Å². The monoisotopic (exact) mass is 696 g/mol. The summed E-state index contributed by atoms with van der Waals surface area (Å²) in [5.41, 5.74) is 23.4. The first-order valence-electron chi connectivity index (χ1n) is 19.6. The Morgan fingerprint density at radius 1 is 0.434 bits per heavy atom. The van der Waals surface area contributed by atoms with Gasteiger partial charge in [-0.15, -0.1) is 0 Å². The number of anilines is 2. The van der Waals surface area contributed by atoms with Crippen LogP contribution in [0.15, 0.2) is 133 Å². The molecule has 0 spiro atoms. The minimum absolute atomic E-state index is 0.435. The lowest BCUT2D eigenvalue weighted by Gasteiger charge is -2.36. The van der Waals surface area contributed by atoms with E-state index in [1.54, 1.807) is 0 Å². The first-order chi connectivity index (χ1) is 26.1. The molecule has 0 amide bonds. The van der Waals surface area contributed by atoms with Crippen molar-refractivity contribution in [2.75, 3.05) is 11.5 Å². The highest BCUT2D eigenvalue weighted by molar-refractivity contribution is 5.86. The Labute approximate surface area is 313 Å². The maximum absolute atomic E-state index is 6.71. The average molecular weight is 697 g/mol. The summed E-state index contributed by atoms with van der Waals surface area (Å²) in [4.78, 5) is 0. The lowest BCUT2D eigenvalue weighted by atomic mass is 9.66. The number of ether oxygens (including phenoxy) is 2. The van der Waals surface area contributed by atoms with Crippen LogP contribution in [0.3, 0.4) is 0 Å². The summed E-state index contributed by atoms with van der Waals surface area (Å²) in [6.07, 6.45) is 12.2. The van der Waals surface area contributed by atoms with Crippen LogP contribution in [-0.2, 0) is 5.41 Å². The number of nitrogens with two attached hydrogens (primary N) is 2. The van der Waals surface area contributed by atoms with Crippen molar-refractivity contribution in [2.45, 2.75) is 81.5 Å². The SMILES string of the molecule is Nc1ccc(Oc2ccc(C3(c4ccc(Oc5ccc(N)cc5)c(C5CCCCC5)c4)c4ccccc4-c4ccccc43)cc2C2CCCCC2)cc1. The zero-order valence-corrected chi connectivity index (χ0v) is 30.4. The van der Waals surface area contributed by atoms with Crippen LogP contribution in [0.1, 0.15) is 109 Å². The predicted octanol–water partition coefficient (Wildman–Crippen LogP) is 12.9. The van der Waals surface area contributed by atoms with Crippen LogP contribution in [0.25, 0.3) is 11.1 Å². The van der Waals surface area contributed by atoms with Gasteiger partial charge in [0, 0.05) is 11.4 Å². The molecule has 3 aliphatic rings. The Bertz CT molecular complexity index is 2070. The van der Waals surface area contributed by atoms with E-state index in [0.29, 0.717) is 11.8 Å². The van der Waals surface area contributed by atoms with E-state index in [1.807, 2.05) is 48.5 Å². The molecule has 0 unspecified atom stereocenters. The van der Waals surface area contributed by atoms with Crippen LogP contribution < -0.4 is 20.9 Å². The number of nitrogen functional groups attached to an aromatic ring is 2. The van der Waals surface area contributed by atoms with E-state index in [-0.39, 0.29) is 0 Å². The summed E-state index contributed by atoms with van der Waals surface area (Å²) in [6.45, 7) is 0. The fourth-order valence-electron chi connectivity index (χ4n) is 9.56. The molecule has 6 aromatic carbocycles. The Morgan fingerprint density at radius 2 is 0.830 bits per heavy atom. The quantitative estimate of drug-likeness (QED) is 0.155. The van der Waals surface area contributed by atoms with Crippen molar-refractivity contribution in [1.82, 2.24) is 0 Å². The molecule has 2 fully saturated rings. The summed E-state index contributed by atoms with van der Waals surface area (Å²) in [7, 11) is 0. The van der Waals surface area contributed by atoms with Crippen molar-refractivity contribution in [3.63, 3.8) is 0 Å². The molecule has 3 aliphatic carbocycles. The molecule has 0 aliphatic heterocycles. The molecule has 0 bridgehead atoms. The zero-order chi connectivity index (χ0) is 35.8. The second kappa shape index (κ2) is 14.2. The van der Waals surface area contributed by atoms with Crippen LogP contribution in [0.4, 0.5) is 11.4 Å². The lowest BCUT2D eigenvalue weighted by molar-refractivity contribution is 0.417. The largest absolute Gasteiger partial charge is 0.457 e. The maximum atomic E-state index is 6.71. The number of fused-ring (bicyclic) bond motifs is 3. The Kier molecular flexibility index (Phi) is 8.91. The fourth-order valence-corrected chi connectivity index (χ4v) is 9.56. The van der Waals surface area contributed by atoms with Crippen LogP contribution in [0.2, 0.25) is 0 Å². The third-order valence-electron chi connectivity index (χ3n) is 12.1. The summed E-state index contributed by atoms with van der Waals surface area (Å²) >= 11 is 0. The van der Waals surface area contributed by atoms with Gasteiger partial charge >= 0.3 is 0 Å². The molecule has 9 rings (SSSR count). The van der Waals surface area contributed by atoms with Gasteiger partial charge < -0.3 is 20.9 Å². The van der Waals surface area contributed by atoms with Gasteiger partial charge in [-0.1, -0.05) is 111 Å². The Morgan fingerprint density at radius 3 is 1.25 bits per heavy atom. The van der Waals surface area contributed by atoms with Crippen LogP contribution in [0.5, 0.6) is 23.0 Å². The topological polar surface area (TPSA) is 70.5 Å². The van der Waals surface area contributed by atoms with Gasteiger partial charge in [-0.3, -0.25) is 0 Å². The van der Waals surface area contributed by atoms with Crippen molar-refractivity contribution < 1.29 is 9.47 Å². The molecule has 0 saturated heterocycles. The van der Waals surface area contributed by atoms with E-state index in [1.165, 1.54) is 109 Å². The van der Waals surface area contributed by atoms with E-state index in [4.69, 9.17) is 20.9 Å². The van der Waals surface area contributed by atoms with Gasteiger partial charge in [0.15, 0.2) is 0 Å². The zero-order valence-electron chi connectivity index (χ0n) is 30.4. The molecule has 266 valence electrons. The van der Waals surface area contributed by atoms with Gasteiger partial charge in [-0.25, -0.2) is 0 Å². The molecule has 0 heterocycles. The molecule has 0 radical (unpaired) electrons. The minimum Gasteiger partial charge on any atom is -0.457 e. The van der Waals surface area contributed by atoms with E-state index in [9.17, 15) is 0 Å². The van der Waals surface area contributed by atoms with Crippen LogP contribution in [0, 0.1) is 0 Å². The van der Waals surface area contributed by atoms with Crippen molar-refractivity contribution >= 4 is 11.4 Å². The third-order valence-corrected chi connectivity index (χ3v) is 12.1. The van der Waals surface area contributed by atoms with Gasteiger partial charge in [0.2, 0.25) is 0 Å². The standard InChI is InChI=1S/C49H48N2O2/c50-37-21-25-39(26-22-37)52-47-29-19-35(31-43(47)33-11-3-1-4-12-33)49(45-17-9-7-15-41(45)42-16-8-10-18-46(42)49)36-20-30-48(53-40-27-23-38(51)24-28-40)44(32-36)34-13-5-2-6-14-34/h7-10,15-34H,1-6,11-14,50-51H2. The van der Waals surface area contributed by atoms with Crippen LogP contribution in [-0.4, -0.2) is 0 Å². The van der Waals surface area contributed by atoms with E-state index < -0.39 is 5.41 Å². The number of rotatable bonds is 8. The van der Waals surface area contributed by atoms with Crippen LogP contribution >= 0.6 is 0 Å². The third kappa shape index (κ3) is 6.14. The first kappa shape index (κ1) is 33.4. The Hall–Kier alpha value is -5.48. The molecule has 53 heavy (non-hydrogen) atoms. The van der Waals surface area contributed by atoms with Gasteiger partial charge in [-0.2, -0.15) is 0 Å². The smallest absolute Gasteiger partial charge is 0.130 e.